The Kier molecular flexibility index (Phi) is 2.39. The average molecular weight is 320 g/mol. The Morgan fingerprint density at radius 2 is 2.29 bits per heavy atom. The van der Waals surface area contributed by atoms with Gasteiger partial charge in [0.2, 0.25) is 5.91 Å². The zero-order valence-corrected chi connectivity index (χ0v) is 10.7. The van der Waals surface area contributed by atoms with E-state index in [1.54, 1.807) is 11.1 Å². The first-order valence-corrected chi connectivity index (χ1v) is 5.73. The van der Waals surface area contributed by atoms with Crippen molar-refractivity contribution in [3.63, 3.8) is 0 Å². The van der Waals surface area contributed by atoms with Crippen molar-refractivity contribution < 1.29 is 4.79 Å². The zero-order valence-electron chi connectivity index (χ0n) is 7.50. The molecule has 2 aliphatic rings. The number of hydrogen-bond donors (Lipinski definition) is 0. The van der Waals surface area contributed by atoms with Gasteiger partial charge in [0.05, 0.1) is 6.42 Å². The normalized spacial score (nSPS) is 31.1. The molecule has 2 aliphatic heterocycles. The highest BCUT2D eigenvalue weighted by Gasteiger charge is 2.34. The van der Waals surface area contributed by atoms with Gasteiger partial charge in [-0.1, -0.05) is 15.9 Å². The lowest BCUT2D eigenvalue weighted by atomic mass is 10.1. The lowest BCUT2D eigenvalue weighted by molar-refractivity contribution is -0.126. The summed E-state index contributed by atoms with van der Waals surface area (Å²) < 4.78 is 0.417. The molecule has 0 saturated carbocycles. The van der Waals surface area contributed by atoms with Gasteiger partial charge < -0.3 is 0 Å². The van der Waals surface area contributed by atoms with Gasteiger partial charge in [-0.2, -0.15) is 0 Å². The van der Waals surface area contributed by atoms with Gasteiger partial charge in [0, 0.05) is 10.7 Å². The van der Waals surface area contributed by atoms with Crippen LogP contribution in [0.25, 0.3) is 0 Å². The molecule has 1 amide bonds. The predicted molar refractivity (Wildman–Crippen MR) is 62.4 cm³/mol. The van der Waals surface area contributed by atoms with Crippen LogP contribution in [-0.2, 0) is 4.79 Å². The molecule has 0 aromatic heterocycles. The number of nitrogens with zero attached hydrogens (tertiary/aromatic N) is 2. The number of alkyl halides is 1. The van der Waals surface area contributed by atoms with E-state index in [1.807, 2.05) is 19.1 Å². The van der Waals surface area contributed by atoms with E-state index in [0.717, 1.165) is 4.48 Å². The molecule has 0 saturated heterocycles. The van der Waals surface area contributed by atoms with Crippen LogP contribution in [0, 0.1) is 0 Å². The van der Waals surface area contributed by atoms with Crippen molar-refractivity contribution in [2.75, 3.05) is 0 Å². The lowest BCUT2D eigenvalue weighted by Crippen LogP contribution is -2.42. The number of amidine groups is 1. The highest BCUT2D eigenvalue weighted by atomic mass is 79.9. The fraction of sp³-hybridized carbons (Fsp3) is 0.333. The van der Waals surface area contributed by atoms with Gasteiger partial charge in [0.25, 0.3) is 0 Å². The molecule has 5 heteroatoms. The molecule has 0 radical (unpaired) electrons. The van der Waals surface area contributed by atoms with E-state index >= 15 is 0 Å². The first kappa shape index (κ1) is 10.1. The monoisotopic (exact) mass is 318 g/mol. The Morgan fingerprint density at radius 1 is 1.57 bits per heavy atom. The molecule has 2 rings (SSSR count). The quantitative estimate of drug-likeness (QED) is 0.499. The molecule has 0 N–H and O–H groups in total. The van der Waals surface area contributed by atoms with Crippen molar-refractivity contribution in [1.82, 2.24) is 4.90 Å². The smallest absolute Gasteiger partial charge is 0.235 e. The van der Waals surface area contributed by atoms with Crippen LogP contribution in [0.2, 0.25) is 0 Å². The van der Waals surface area contributed by atoms with Crippen LogP contribution in [0.4, 0.5) is 0 Å². The SMILES string of the molecule is CC1(Br)CC(=O)N2C=C(Br)C=CC2=N1. The Morgan fingerprint density at radius 3 is 3.00 bits per heavy atom. The van der Waals surface area contributed by atoms with Gasteiger partial charge >= 0.3 is 0 Å². The first-order valence-electron chi connectivity index (χ1n) is 4.14. The van der Waals surface area contributed by atoms with Crippen molar-refractivity contribution in [1.29, 1.82) is 0 Å². The van der Waals surface area contributed by atoms with E-state index in [1.165, 1.54) is 0 Å². The predicted octanol–water partition coefficient (Wildman–Crippen LogP) is 2.53. The summed E-state index contributed by atoms with van der Waals surface area (Å²) in [6.07, 6.45) is 5.81. The molecule has 1 atom stereocenters. The van der Waals surface area contributed by atoms with Gasteiger partial charge in [0.15, 0.2) is 0 Å². The van der Waals surface area contributed by atoms with Gasteiger partial charge in [-0.3, -0.25) is 9.69 Å². The number of allylic oxidation sites excluding steroid dienone is 2. The second kappa shape index (κ2) is 3.31. The maximum absolute atomic E-state index is 11.7. The highest BCUT2D eigenvalue weighted by Crippen LogP contribution is 2.31. The van der Waals surface area contributed by atoms with Crippen molar-refractivity contribution in [3.05, 3.63) is 22.8 Å². The van der Waals surface area contributed by atoms with Gasteiger partial charge in [-0.15, -0.1) is 0 Å². The molecule has 1 unspecified atom stereocenters. The van der Waals surface area contributed by atoms with Crippen LogP contribution in [0.15, 0.2) is 27.8 Å². The summed E-state index contributed by atoms with van der Waals surface area (Å²) >= 11 is 6.73. The van der Waals surface area contributed by atoms with Crippen molar-refractivity contribution in [2.24, 2.45) is 4.99 Å². The molecule has 74 valence electrons. The van der Waals surface area contributed by atoms with Crippen molar-refractivity contribution >= 4 is 43.6 Å². The number of carbonyl (C=O) groups is 1. The minimum Gasteiger partial charge on any atom is -0.274 e. The summed E-state index contributed by atoms with van der Waals surface area (Å²) in [5.74, 6) is 0.736. The number of amides is 1. The minimum atomic E-state index is -0.460. The van der Waals surface area contributed by atoms with Crippen LogP contribution < -0.4 is 0 Å². The van der Waals surface area contributed by atoms with Crippen LogP contribution in [-0.4, -0.2) is 21.1 Å². The molecule has 0 spiro atoms. The maximum atomic E-state index is 11.7. The van der Waals surface area contributed by atoms with Crippen LogP contribution in [0.1, 0.15) is 13.3 Å². The largest absolute Gasteiger partial charge is 0.274 e. The van der Waals surface area contributed by atoms with Gasteiger partial charge in [-0.05, 0) is 35.0 Å². The molecular weight excluding hydrogens is 312 g/mol. The summed E-state index contributed by atoms with van der Waals surface area (Å²) in [6, 6.07) is 0. The van der Waals surface area contributed by atoms with E-state index in [-0.39, 0.29) is 5.91 Å². The molecule has 0 aromatic carbocycles. The third kappa shape index (κ3) is 1.83. The van der Waals surface area contributed by atoms with Crippen molar-refractivity contribution in [3.8, 4) is 0 Å². The van der Waals surface area contributed by atoms with Crippen LogP contribution in [0.3, 0.4) is 0 Å². The van der Waals surface area contributed by atoms with E-state index in [0.29, 0.717) is 12.3 Å². The Bertz CT molecular complexity index is 382. The molecule has 0 aliphatic carbocycles. The number of aliphatic imine (C=N–C) groups is 1. The second-order valence-electron chi connectivity index (χ2n) is 3.40. The fourth-order valence-electron chi connectivity index (χ4n) is 1.40. The lowest BCUT2D eigenvalue weighted by Gasteiger charge is -2.31. The molecule has 0 aromatic rings. The first-order chi connectivity index (χ1) is 6.48. The molecule has 14 heavy (non-hydrogen) atoms. The number of halogens is 2. The Hall–Kier alpha value is -0.420. The number of fused-ring (bicyclic) bond motifs is 1. The number of carbonyl (C=O) groups excluding carboxylic acids is 1. The number of hydrogen-bond acceptors (Lipinski definition) is 2. The van der Waals surface area contributed by atoms with E-state index < -0.39 is 4.45 Å². The fourth-order valence-corrected chi connectivity index (χ4v) is 2.16. The zero-order chi connectivity index (χ0) is 10.3. The topological polar surface area (TPSA) is 32.7 Å². The van der Waals surface area contributed by atoms with E-state index in [2.05, 4.69) is 36.9 Å². The minimum absolute atomic E-state index is 0.0516. The van der Waals surface area contributed by atoms with Gasteiger partial charge in [0.1, 0.15) is 10.3 Å². The summed E-state index contributed by atoms with van der Waals surface area (Å²) in [7, 11) is 0. The number of rotatable bonds is 0. The summed E-state index contributed by atoms with van der Waals surface area (Å²) in [5.41, 5.74) is 0. The average Bonchev–Trinajstić information content (AvgIpc) is 2.05. The maximum Gasteiger partial charge on any atom is 0.235 e. The summed E-state index contributed by atoms with van der Waals surface area (Å²) in [6.45, 7) is 1.89. The van der Waals surface area contributed by atoms with E-state index in [9.17, 15) is 4.79 Å². The van der Waals surface area contributed by atoms with E-state index in [4.69, 9.17) is 0 Å². The Balaban J connectivity index is 2.43. The van der Waals surface area contributed by atoms with Crippen LogP contribution >= 0.6 is 31.9 Å². The molecular formula is C9H8Br2N2O. The van der Waals surface area contributed by atoms with Crippen LogP contribution in [0.5, 0.6) is 0 Å². The summed E-state index contributed by atoms with van der Waals surface area (Å²) in [4.78, 5) is 17.7. The highest BCUT2D eigenvalue weighted by molar-refractivity contribution is 9.11. The summed E-state index contributed by atoms with van der Waals surface area (Å²) in [5, 5.41) is 0. The molecule has 0 bridgehead atoms. The molecule has 3 nitrogen and oxygen atoms in total. The standard InChI is InChI=1S/C9H8Br2N2O/c1-9(11)4-8(14)13-5-6(10)2-3-7(13)12-9/h2-3,5H,4H2,1H3. The van der Waals surface area contributed by atoms with Gasteiger partial charge in [-0.25, -0.2) is 4.99 Å². The van der Waals surface area contributed by atoms with Crippen molar-refractivity contribution in [2.45, 2.75) is 17.8 Å². The third-order valence-corrected chi connectivity index (χ3v) is 2.91. The second-order valence-corrected chi connectivity index (χ2v) is 6.02. The molecule has 0 fully saturated rings. The third-order valence-electron chi connectivity index (χ3n) is 1.98. The molecule has 2 heterocycles. The Labute approximate surface area is 98.8 Å².